The SMILES string of the molecule is CCOC(=O)C1=C(C)N=c2s/c(=C\c3cc(Cl)ccc3OCc3ccccc3)c(=O)n2[C@H]1c1ccc(OC)c(OC)c1. The molecule has 0 N–H and O–H groups in total. The molecule has 1 aliphatic heterocycles. The van der Waals surface area contributed by atoms with Crippen LogP contribution in [0.2, 0.25) is 5.02 Å². The van der Waals surface area contributed by atoms with Crippen LogP contribution in [0.1, 0.15) is 36.6 Å². The summed E-state index contributed by atoms with van der Waals surface area (Å²) in [6.07, 6.45) is 1.74. The van der Waals surface area contributed by atoms with E-state index < -0.39 is 12.0 Å². The molecule has 4 aromatic rings. The molecule has 0 saturated carbocycles. The fourth-order valence-corrected chi connectivity index (χ4v) is 5.99. The number of carbonyl (C=O) groups is 1. The molecule has 1 aromatic heterocycles. The van der Waals surface area contributed by atoms with Gasteiger partial charge in [-0.05, 0) is 61.4 Å². The van der Waals surface area contributed by atoms with Crippen LogP contribution in [0.5, 0.6) is 17.2 Å². The number of benzene rings is 3. The lowest BCUT2D eigenvalue weighted by molar-refractivity contribution is -0.139. The van der Waals surface area contributed by atoms with Crippen molar-refractivity contribution < 1.29 is 23.7 Å². The number of aromatic nitrogens is 1. The molecule has 2 heterocycles. The van der Waals surface area contributed by atoms with Crippen molar-refractivity contribution in [1.29, 1.82) is 0 Å². The number of halogens is 1. The number of rotatable bonds is 9. The molecular formula is C32H29ClN2O6S. The Kier molecular flexibility index (Phi) is 8.80. The van der Waals surface area contributed by atoms with Crippen LogP contribution in [0, 0.1) is 0 Å². The van der Waals surface area contributed by atoms with E-state index in [0.29, 0.717) is 55.0 Å². The number of allylic oxidation sites excluding steroid dienone is 1. The number of ether oxygens (including phenoxy) is 4. The number of hydrogen-bond donors (Lipinski definition) is 0. The van der Waals surface area contributed by atoms with Crippen LogP contribution in [-0.2, 0) is 16.1 Å². The van der Waals surface area contributed by atoms with Crippen LogP contribution in [0.15, 0.2) is 87.8 Å². The highest BCUT2D eigenvalue weighted by Gasteiger charge is 2.34. The van der Waals surface area contributed by atoms with Gasteiger partial charge in [0.05, 0.1) is 42.7 Å². The maximum Gasteiger partial charge on any atom is 0.338 e. The van der Waals surface area contributed by atoms with Crippen LogP contribution >= 0.6 is 22.9 Å². The lowest BCUT2D eigenvalue weighted by Crippen LogP contribution is -2.40. The average molecular weight is 605 g/mol. The van der Waals surface area contributed by atoms with Crippen LogP contribution in [0.25, 0.3) is 6.08 Å². The first-order chi connectivity index (χ1) is 20.3. The van der Waals surface area contributed by atoms with Crippen LogP contribution in [0.3, 0.4) is 0 Å². The maximum atomic E-state index is 14.1. The molecule has 0 bridgehead atoms. The van der Waals surface area contributed by atoms with Gasteiger partial charge in [-0.3, -0.25) is 9.36 Å². The van der Waals surface area contributed by atoms with E-state index in [1.165, 1.54) is 23.0 Å². The van der Waals surface area contributed by atoms with Gasteiger partial charge in [0.25, 0.3) is 5.56 Å². The monoisotopic (exact) mass is 604 g/mol. The second kappa shape index (κ2) is 12.7. The van der Waals surface area contributed by atoms with Crippen LogP contribution in [0.4, 0.5) is 0 Å². The van der Waals surface area contributed by atoms with E-state index in [9.17, 15) is 9.59 Å². The molecule has 0 aliphatic carbocycles. The summed E-state index contributed by atoms with van der Waals surface area (Å²) >= 11 is 7.57. The van der Waals surface area contributed by atoms with Crippen molar-refractivity contribution in [3.05, 3.63) is 119 Å². The summed E-state index contributed by atoms with van der Waals surface area (Å²) in [6, 6.07) is 19.6. The molecular weight excluding hydrogens is 576 g/mol. The predicted molar refractivity (Wildman–Crippen MR) is 162 cm³/mol. The molecule has 5 rings (SSSR count). The molecule has 0 amide bonds. The van der Waals surface area contributed by atoms with Crippen molar-refractivity contribution in [3.63, 3.8) is 0 Å². The summed E-state index contributed by atoms with van der Waals surface area (Å²) in [5.74, 6) is 1.03. The minimum absolute atomic E-state index is 0.180. The largest absolute Gasteiger partial charge is 0.493 e. The van der Waals surface area contributed by atoms with Crippen LogP contribution < -0.4 is 29.1 Å². The third-order valence-corrected chi connectivity index (χ3v) is 7.95. The Hall–Kier alpha value is -4.34. The fourth-order valence-electron chi connectivity index (χ4n) is 4.77. The van der Waals surface area contributed by atoms with E-state index in [4.69, 9.17) is 30.5 Å². The zero-order valence-electron chi connectivity index (χ0n) is 23.5. The quantitative estimate of drug-likeness (QED) is 0.249. The average Bonchev–Trinajstić information content (AvgIpc) is 3.30. The lowest BCUT2D eigenvalue weighted by atomic mass is 9.95. The van der Waals surface area contributed by atoms with Gasteiger partial charge in [-0.25, -0.2) is 9.79 Å². The van der Waals surface area contributed by atoms with Gasteiger partial charge in [-0.1, -0.05) is 59.3 Å². The minimum atomic E-state index is -0.796. The fraction of sp³-hybridized carbons (Fsp3) is 0.219. The van der Waals surface area contributed by atoms with E-state index in [2.05, 4.69) is 4.99 Å². The Labute approximate surface area is 251 Å². The number of fused-ring (bicyclic) bond motifs is 1. The van der Waals surface area contributed by atoms with Crippen LogP contribution in [-0.4, -0.2) is 31.4 Å². The molecule has 3 aromatic carbocycles. The number of thiazole rings is 1. The molecule has 10 heteroatoms. The van der Waals surface area contributed by atoms with E-state index in [0.717, 1.165) is 5.56 Å². The molecule has 0 unspecified atom stereocenters. The van der Waals surface area contributed by atoms with Crippen molar-refractivity contribution in [2.24, 2.45) is 4.99 Å². The Morgan fingerprint density at radius 3 is 2.48 bits per heavy atom. The molecule has 0 radical (unpaired) electrons. The Balaban J connectivity index is 1.65. The number of nitrogens with zero attached hydrogens (tertiary/aromatic N) is 2. The van der Waals surface area contributed by atoms with Gasteiger partial charge in [0.15, 0.2) is 16.3 Å². The van der Waals surface area contributed by atoms with E-state index in [1.807, 2.05) is 30.3 Å². The predicted octanol–water partition coefficient (Wildman–Crippen LogP) is 5.05. The summed E-state index contributed by atoms with van der Waals surface area (Å²) < 4.78 is 24.4. The van der Waals surface area contributed by atoms with Crippen molar-refractivity contribution in [2.75, 3.05) is 20.8 Å². The number of hydrogen-bond acceptors (Lipinski definition) is 8. The van der Waals surface area contributed by atoms with Crippen molar-refractivity contribution in [3.8, 4) is 17.2 Å². The van der Waals surface area contributed by atoms with Gasteiger partial charge in [0.1, 0.15) is 12.4 Å². The zero-order chi connectivity index (χ0) is 29.8. The van der Waals surface area contributed by atoms with Gasteiger partial charge in [0.2, 0.25) is 0 Å². The number of methoxy groups -OCH3 is 2. The normalized spacial score (nSPS) is 14.7. The van der Waals surface area contributed by atoms with E-state index in [-0.39, 0.29) is 17.7 Å². The third kappa shape index (κ3) is 5.84. The second-order valence-electron chi connectivity index (χ2n) is 9.37. The van der Waals surface area contributed by atoms with Crippen molar-refractivity contribution >= 4 is 35.0 Å². The molecule has 42 heavy (non-hydrogen) atoms. The highest BCUT2D eigenvalue weighted by atomic mass is 35.5. The standard InChI is InChI=1S/C32H29ClN2O6S/c1-5-40-31(37)28-19(2)34-32-35(29(28)21-11-13-25(38-3)26(16-21)39-4)30(36)27(42-32)17-22-15-23(33)12-14-24(22)41-18-20-9-7-6-8-10-20/h6-17,29H,5,18H2,1-4H3/b27-17-/t29-/m0/s1. The highest BCUT2D eigenvalue weighted by molar-refractivity contribution is 7.07. The first-order valence-corrected chi connectivity index (χ1v) is 14.4. The smallest absolute Gasteiger partial charge is 0.338 e. The second-order valence-corrected chi connectivity index (χ2v) is 10.8. The molecule has 0 saturated heterocycles. The maximum absolute atomic E-state index is 14.1. The van der Waals surface area contributed by atoms with E-state index in [1.54, 1.807) is 63.4 Å². The van der Waals surface area contributed by atoms with E-state index >= 15 is 0 Å². The molecule has 216 valence electrons. The topological polar surface area (TPSA) is 88.4 Å². The van der Waals surface area contributed by atoms with Gasteiger partial charge in [-0.2, -0.15) is 0 Å². The Bertz CT molecular complexity index is 1840. The number of carbonyl (C=O) groups excluding carboxylic acids is 1. The summed E-state index contributed by atoms with van der Waals surface area (Å²) in [5.41, 5.74) is 2.73. The summed E-state index contributed by atoms with van der Waals surface area (Å²) in [5, 5.41) is 0.504. The third-order valence-electron chi connectivity index (χ3n) is 6.74. The summed E-state index contributed by atoms with van der Waals surface area (Å²) in [7, 11) is 3.07. The summed E-state index contributed by atoms with van der Waals surface area (Å²) in [6.45, 7) is 4.01. The van der Waals surface area contributed by atoms with Gasteiger partial charge in [0, 0.05) is 10.6 Å². The number of esters is 1. The molecule has 1 atom stereocenters. The molecule has 1 aliphatic rings. The molecule has 8 nitrogen and oxygen atoms in total. The van der Waals surface area contributed by atoms with Gasteiger partial charge >= 0.3 is 5.97 Å². The van der Waals surface area contributed by atoms with Crippen molar-refractivity contribution in [1.82, 2.24) is 4.57 Å². The minimum Gasteiger partial charge on any atom is -0.493 e. The highest BCUT2D eigenvalue weighted by Crippen LogP contribution is 2.36. The zero-order valence-corrected chi connectivity index (χ0v) is 25.1. The first-order valence-electron chi connectivity index (χ1n) is 13.2. The lowest BCUT2D eigenvalue weighted by Gasteiger charge is -2.25. The van der Waals surface area contributed by atoms with Crippen molar-refractivity contribution in [2.45, 2.75) is 26.5 Å². The van der Waals surface area contributed by atoms with Gasteiger partial charge in [-0.15, -0.1) is 0 Å². The summed E-state index contributed by atoms with van der Waals surface area (Å²) in [4.78, 5) is 32.4. The Morgan fingerprint density at radius 2 is 1.76 bits per heavy atom. The molecule has 0 spiro atoms. The molecule has 0 fully saturated rings. The van der Waals surface area contributed by atoms with Gasteiger partial charge < -0.3 is 18.9 Å². The Morgan fingerprint density at radius 1 is 1.02 bits per heavy atom. The first kappa shape index (κ1) is 29.2.